The van der Waals surface area contributed by atoms with Gasteiger partial charge in [-0.25, -0.2) is 0 Å². The molecule has 3 nitrogen and oxygen atoms in total. The number of nitrogens with one attached hydrogen (secondary N) is 1. The van der Waals surface area contributed by atoms with Crippen molar-refractivity contribution in [3.8, 4) is 0 Å². The van der Waals surface area contributed by atoms with E-state index in [1.54, 1.807) is 6.08 Å². The average molecular weight is 178 g/mol. The van der Waals surface area contributed by atoms with Crippen LogP contribution in [0.3, 0.4) is 0 Å². The summed E-state index contributed by atoms with van der Waals surface area (Å²) < 4.78 is 5.03. The van der Waals surface area contributed by atoms with Crippen LogP contribution in [0.5, 0.6) is 0 Å². The molecule has 0 spiro atoms. The fraction of sp³-hybridized carbons (Fsp3) is 0.714. The molecule has 4 heteroatoms. The first-order valence-corrected chi connectivity index (χ1v) is 4.02. The highest BCUT2D eigenvalue weighted by Crippen LogP contribution is 2.04. The number of hydrogen-bond donors (Lipinski definition) is 2. The Hall–Kier alpha value is -0.0900. The quantitative estimate of drug-likeness (QED) is 0.642. The molecule has 0 saturated carbocycles. The van der Waals surface area contributed by atoms with E-state index in [2.05, 4.69) is 5.32 Å². The molecule has 64 valence electrons. The van der Waals surface area contributed by atoms with Crippen molar-refractivity contribution in [2.45, 2.75) is 12.1 Å². The molecule has 0 aromatic rings. The van der Waals surface area contributed by atoms with Crippen LogP contribution in [0.4, 0.5) is 0 Å². The Morgan fingerprint density at radius 2 is 2.45 bits per heavy atom. The monoisotopic (exact) mass is 177 g/mol. The lowest BCUT2D eigenvalue weighted by atomic mass is 10.2. The van der Waals surface area contributed by atoms with E-state index < -0.39 is 0 Å². The minimum atomic E-state index is -0.376. The van der Waals surface area contributed by atoms with Crippen LogP contribution in [-0.4, -0.2) is 37.0 Å². The summed E-state index contributed by atoms with van der Waals surface area (Å²) in [6, 6.07) is 0.0582. The zero-order valence-corrected chi connectivity index (χ0v) is 6.92. The lowest BCUT2D eigenvalue weighted by Gasteiger charge is -2.11. The van der Waals surface area contributed by atoms with Gasteiger partial charge in [0.2, 0.25) is 0 Å². The molecule has 1 rings (SSSR count). The molecule has 2 unspecified atom stereocenters. The van der Waals surface area contributed by atoms with Gasteiger partial charge in [-0.3, -0.25) is 0 Å². The van der Waals surface area contributed by atoms with E-state index in [-0.39, 0.29) is 12.1 Å². The SMILES string of the molecule is OC1COCC1NC/C=C/Cl. The molecule has 0 bridgehead atoms. The fourth-order valence-electron chi connectivity index (χ4n) is 1.00. The van der Waals surface area contributed by atoms with E-state index in [9.17, 15) is 5.11 Å². The first-order valence-electron chi connectivity index (χ1n) is 3.59. The molecule has 0 aromatic heterocycles. The molecule has 0 radical (unpaired) electrons. The summed E-state index contributed by atoms with van der Waals surface area (Å²) in [6.07, 6.45) is 1.41. The second kappa shape index (κ2) is 4.72. The molecular weight excluding hydrogens is 166 g/mol. The van der Waals surface area contributed by atoms with Crippen molar-refractivity contribution in [3.05, 3.63) is 11.6 Å². The van der Waals surface area contributed by atoms with Crippen molar-refractivity contribution in [2.75, 3.05) is 19.8 Å². The van der Waals surface area contributed by atoms with Crippen LogP contribution in [0.15, 0.2) is 11.6 Å². The molecule has 1 aliphatic rings. The van der Waals surface area contributed by atoms with Gasteiger partial charge >= 0.3 is 0 Å². The van der Waals surface area contributed by atoms with Crippen molar-refractivity contribution >= 4 is 11.6 Å². The molecule has 0 aromatic carbocycles. The summed E-state index contributed by atoms with van der Waals surface area (Å²) in [5, 5.41) is 12.3. The molecule has 1 aliphatic heterocycles. The van der Waals surface area contributed by atoms with Crippen LogP contribution >= 0.6 is 11.6 Å². The van der Waals surface area contributed by atoms with Gasteiger partial charge < -0.3 is 15.2 Å². The van der Waals surface area contributed by atoms with E-state index in [1.807, 2.05) is 0 Å². The lowest BCUT2D eigenvalue weighted by molar-refractivity contribution is 0.122. The van der Waals surface area contributed by atoms with E-state index in [1.165, 1.54) is 5.54 Å². The van der Waals surface area contributed by atoms with Crippen LogP contribution in [0.25, 0.3) is 0 Å². The zero-order valence-electron chi connectivity index (χ0n) is 6.16. The predicted octanol–water partition coefficient (Wildman–Crippen LogP) is 0.0882. The largest absolute Gasteiger partial charge is 0.389 e. The molecule has 2 atom stereocenters. The maximum atomic E-state index is 9.24. The molecule has 11 heavy (non-hydrogen) atoms. The highest BCUT2D eigenvalue weighted by Gasteiger charge is 2.24. The first kappa shape index (κ1) is 9.00. The van der Waals surface area contributed by atoms with Crippen LogP contribution in [0.2, 0.25) is 0 Å². The summed E-state index contributed by atoms with van der Waals surface area (Å²) in [4.78, 5) is 0. The van der Waals surface area contributed by atoms with Gasteiger partial charge in [-0.15, -0.1) is 0 Å². The number of aliphatic hydroxyl groups is 1. The summed E-state index contributed by atoms with van der Waals surface area (Å²) in [5.74, 6) is 0. The van der Waals surface area contributed by atoms with Gasteiger partial charge in [0.05, 0.1) is 25.4 Å². The lowest BCUT2D eigenvalue weighted by Crippen LogP contribution is -2.38. The molecule has 1 saturated heterocycles. The Labute approximate surface area is 71.0 Å². The second-order valence-corrected chi connectivity index (χ2v) is 2.73. The molecule has 1 heterocycles. The van der Waals surface area contributed by atoms with Gasteiger partial charge in [0, 0.05) is 12.1 Å². The minimum absolute atomic E-state index is 0.0582. The Morgan fingerprint density at radius 3 is 3.00 bits per heavy atom. The number of hydrogen-bond acceptors (Lipinski definition) is 3. The van der Waals surface area contributed by atoms with Crippen molar-refractivity contribution < 1.29 is 9.84 Å². The summed E-state index contributed by atoms with van der Waals surface area (Å²) >= 11 is 5.31. The summed E-state index contributed by atoms with van der Waals surface area (Å²) in [6.45, 7) is 1.69. The third kappa shape index (κ3) is 2.79. The van der Waals surface area contributed by atoms with Crippen LogP contribution < -0.4 is 5.32 Å². The third-order valence-corrected chi connectivity index (χ3v) is 1.82. The standard InChI is InChI=1S/C7H12ClNO2/c8-2-1-3-9-6-4-11-5-7(6)10/h1-2,6-7,9-10H,3-5H2/b2-1+. The Kier molecular flexibility index (Phi) is 3.86. The highest BCUT2D eigenvalue weighted by atomic mass is 35.5. The van der Waals surface area contributed by atoms with Crippen LogP contribution in [0, 0.1) is 0 Å². The van der Waals surface area contributed by atoms with Crippen molar-refractivity contribution in [1.29, 1.82) is 0 Å². The highest BCUT2D eigenvalue weighted by molar-refractivity contribution is 6.25. The van der Waals surface area contributed by atoms with Gasteiger partial charge in [0.25, 0.3) is 0 Å². The van der Waals surface area contributed by atoms with E-state index in [4.69, 9.17) is 16.3 Å². The maximum absolute atomic E-state index is 9.24. The molecule has 0 aliphatic carbocycles. The molecule has 0 amide bonds. The normalized spacial score (nSPS) is 31.8. The molecular formula is C7H12ClNO2. The van der Waals surface area contributed by atoms with Crippen molar-refractivity contribution in [3.63, 3.8) is 0 Å². The van der Waals surface area contributed by atoms with Crippen LogP contribution in [0.1, 0.15) is 0 Å². The summed E-state index contributed by atoms with van der Waals surface area (Å²) in [5.41, 5.74) is 1.45. The van der Waals surface area contributed by atoms with Gasteiger partial charge in [-0.1, -0.05) is 17.7 Å². The first-order chi connectivity index (χ1) is 5.34. The topological polar surface area (TPSA) is 41.5 Å². The average Bonchev–Trinajstić information content (AvgIpc) is 2.37. The zero-order chi connectivity index (χ0) is 8.10. The third-order valence-electron chi connectivity index (χ3n) is 1.64. The maximum Gasteiger partial charge on any atom is 0.0948 e. The minimum Gasteiger partial charge on any atom is -0.389 e. The smallest absolute Gasteiger partial charge is 0.0948 e. The van der Waals surface area contributed by atoms with Gasteiger partial charge in [-0.2, -0.15) is 0 Å². The Balaban J connectivity index is 2.15. The predicted molar refractivity (Wildman–Crippen MR) is 43.6 cm³/mol. The van der Waals surface area contributed by atoms with E-state index >= 15 is 0 Å². The van der Waals surface area contributed by atoms with Crippen molar-refractivity contribution in [1.82, 2.24) is 5.32 Å². The van der Waals surface area contributed by atoms with Gasteiger partial charge in [0.15, 0.2) is 0 Å². The Bertz CT molecular complexity index is 140. The number of halogens is 1. The number of rotatable bonds is 3. The van der Waals surface area contributed by atoms with Gasteiger partial charge in [-0.05, 0) is 0 Å². The number of aliphatic hydroxyl groups excluding tert-OH is 1. The molecule has 1 fully saturated rings. The van der Waals surface area contributed by atoms with Crippen LogP contribution in [-0.2, 0) is 4.74 Å². The summed E-state index contributed by atoms with van der Waals surface area (Å²) in [7, 11) is 0. The Morgan fingerprint density at radius 1 is 1.64 bits per heavy atom. The van der Waals surface area contributed by atoms with Gasteiger partial charge in [0.1, 0.15) is 0 Å². The number of ether oxygens (including phenoxy) is 1. The molecule has 2 N–H and O–H groups in total. The van der Waals surface area contributed by atoms with E-state index in [0.717, 1.165) is 0 Å². The fourth-order valence-corrected chi connectivity index (χ4v) is 1.09. The van der Waals surface area contributed by atoms with Crippen molar-refractivity contribution in [2.24, 2.45) is 0 Å². The second-order valence-electron chi connectivity index (χ2n) is 2.48. The van der Waals surface area contributed by atoms with E-state index in [0.29, 0.717) is 19.8 Å².